The summed E-state index contributed by atoms with van der Waals surface area (Å²) in [6, 6.07) is 0. The SMILES string of the molecule is CC(=O)C=O.CCOCC. The predicted molar refractivity (Wildman–Crippen MR) is 38.9 cm³/mol. The van der Waals surface area contributed by atoms with E-state index in [-0.39, 0.29) is 6.29 Å². The number of carbonyl (C=O) groups excluding carboxylic acids is 2. The largest absolute Gasteiger partial charge is 0.382 e. The standard InChI is InChI=1S/C4H10O.C3H4O2/c1-3-5-4-2;1-3(5)2-4/h3-4H2,1-2H3;2H,1H3. The number of carbonyl (C=O) groups is 2. The lowest BCUT2D eigenvalue weighted by atomic mass is 10.5. The van der Waals surface area contributed by atoms with Crippen molar-refractivity contribution in [3.63, 3.8) is 0 Å². The molecule has 0 fully saturated rings. The van der Waals surface area contributed by atoms with Crippen LogP contribution in [0.1, 0.15) is 20.8 Å². The molecule has 0 rings (SSSR count). The maximum absolute atomic E-state index is 9.44. The van der Waals surface area contributed by atoms with Crippen molar-refractivity contribution in [1.29, 1.82) is 0 Å². The van der Waals surface area contributed by atoms with Gasteiger partial charge in [-0.2, -0.15) is 0 Å². The minimum Gasteiger partial charge on any atom is -0.382 e. The number of aldehydes is 1. The molecule has 0 spiro atoms. The average molecular weight is 146 g/mol. The molecule has 0 N–H and O–H groups in total. The van der Waals surface area contributed by atoms with Crippen molar-refractivity contribution >= 4 is 12.1 Å². The second-order valence-electron chi connectivity index (χ2n) is 1.51. The van der Waals surface area contributed by atoms with Crippen LogP contribution in [0.5, 0.6) is 0 Å². The van der Waals surface area contributed by atoms with Gasteiger partial charge in [0.2, 0.25) is 0 Å². The van der Waals surface area contributed by atoms with Gasteiger partial charge in [0, 0.05) is 20.1 Å². The summed E-state index contributed by atoms with van der Waals surface area (Å²) in [5.41, 5.74) is 0. The van der Waals surface area contributed by atoms with Gasteiger partial charge >= 0.3 is 0 Å². The molecular formula is C7H14O3. The quantitative estimate of drug-likeness (QED) is 0.437. The first-order chi connectivity index (χ1) is 4.68. The van der Waals surface area contributed by atoms with Gasteiger partial charge in [0.15, 0.2) is 12.1 Å². The molecule has 0 amide bonds. The highest BCUT2D eigenvalue weighted by atomic mass is 16.5. The van der Waals surface area contributed by atoms with E-state index in [0.29, 0.717) is 0 Å². The fourth-order valence-electron chi connectivity index (χ4n) is 0.204. The van der Waals surface area contributed by atoms with Crippen LogP contribution in [0.4, 0.5) is 0 Å². The third-order valence-corrected chi connectivity index (χ3v) is 0.574. The Labute approximate surface area is 61.4 Å². The van der Waals surface area contributed by atoms with Crippen LogP contribution in [0.3, 0.4) is 0 Å². The van der Waals surface area contributed by atoms with Crippen molar-refractivity contribution in [3.8, 4) is 0 Å². The third-order valence-electron chi connectivity index (χ3n) is 0.574. The maximum atomic E-state index is 9.44. The summed E-state index contributed by atoms with van der Waals surface area (Å²) in [5, 5.41) is 0. The highest BCUT2D eigenvalue weighted by molar-refractivity contribution is 6.23. The molecule has 0 aliphatic carbocycles. The Kier molecular flexibility index (Phi) is 13.4. The topological polar surface area (TPSA) is 43.4 Å². The zero-order chi connectivity index (χ0) is 8.41. The highest BCUT2D eigenvalue weighted by Crippen LogP contribution is 1.64. The van der Waals surface area contributed by atoms with Crippen molar-refractivity contribution in [3.05, 3.63) is 0 Å². The molecule has 3 nitrogen and oxygen atoms in total. The summed E-state index contributed by atoms with van der Waals surface area (Å²) in [4.78, 5) is 18.6. The molecule has 0 saturated carbocycles. The van der Waals surface area contributed by atoms with E-state index < -0.39 is 5.78 Å². The van der Waals surface area contributed by atoms with E-state index in [4.69, 9.17) is 9.53 Å². The highest BCUT2D eigenvalue weighted by Gasteiger charge is 1.76. The molecule has 0 aromatic heterocycles. The van der Waals surface area contributed by atoms with Crippen molar-refractivity contribution in [2.45, 2.75) is 20.8 Å². The Hall–Kier alpha value is -0.700. The van der Waals surface area contributed by atoms with Gasteiger partial charge in [-0.15, -0.1) is 0 Å². The molecular weight excluding hydrogens is 132 g/mol. The van der Waals surface area contributed by atoms with Crippen molar-refractivity contribution in [2.24, 2.45) is 0 Å². The number of hydrogen-bond acceptors (Lipinski definition) is 3. The molecule has 0 aliphatic heterocycles. The first-order valence-corrected chi connectivity index (χ1v) is 3.22. The first kappa shape index (κ1) is 12.0. The number of hydrogen-bond donors (Lipinski definition) is 0. The molecule has 3 heteroatoms. The summed E-state index contributed by atoms with van der Waals surface area (Å²) in [6.07, 6.45) is 0.278. The van der Waals surface area contributed by atoms with Gasteiger partial charge in [-0.1, -0.05) is 0 Å². The van der Waals surface area contributed by atoms with E-state index in [1.165, 1.54) is 6.92 Å². The lowest BCUT2D eigenvalue weighted by molar-refractivity contribution is -0.128. The van der Waals surface area contributed by atoms with Crippen LogP contribution in [0.25, 0.3) is 0 Å². The Balaban J connectivity index is 0. The zero-order valence-electron chi connectivity index (χ0n) is 6.72. The van der Waals surface area contributed by atoms with Gasteiger partial charge in [-0.05, 0) is 13.8 Å². The second kappa shape index (κ2) is 11.1. The van der Waals surface area contributed by atoms with Crippen LogP contribution in [0.15, 0.2) is 0 Å². The molecule has 60 valence electrons. The molecule has 0 aliphatic rings. The molecule has 0 atom stereocenters. The number of ether oxygens (including phenoxy) is 1. The molecule has 0 aromatic rings. The van der Waals surface area contributed by atoms with Crippen molar-refractivity contribution < 1.29 is 14.3 Å². The summed E-state index contributed by atoms with van der Waals surface area (Å²) in [5.74, 6) is -0.426. The van der Waals surface area contributed by atoms with Crippen molar-refractivity contribution in [1.82, 2.24) is 0 Å². The Morgan fingerprint density at radius 2 is 1.70 bits per heavy atom. The van der Waals surface area contributed by atoms with E-state index >= 15 is 0 Å². The van der Waals surface area contributed by atoms with Crippen LogP contribution in [-0.2, 0) is 14.3 Å². The summed E-state index contributed by atoms with van der Waals surface area (Å²) in [7, 11) is 0. The van der Waals surface area contributed by atoms with E-state index in [1.807, 2.05) is 13.8 Å². The van der Waals surface area contributed by atoms with Gasteiger partial charge in [-0.3, -0.25) is 9.59 Å². The van der Waals surface area contributed by atoms with Gasteiger partial charge in [0.05, 0.1) is 0 Å². The van der Waals surface area contributed by atoms with Gasteiger partial charge in [0.1, 0.15) is 0 Å². The van der Waals surface area contributed by atoms with Gasteiger partial charge in [0.25, 0.3) is 0 Å². The van der Waals surface area contributed by atoms with Crippen LogP contribution in [0.2, 0.25) is 0 Å². The Morgan fingerprint density at radius 3 is 1.70 bits per heavy atom. The van der Waals surface area contributed by atoms with E-state index in [1.54, 1.807) is 0 Å². The molecule has 0 saturated heterocycles. The minimum atomic E-state index is -0.426. The summed E-state index contributed by atoms with van der Waals surface area (Å²) < 4.78 is 4.83. The minimum absolute atomic E-state index is 0.278. The average Bonchev–Trinajstić information content (AvgIpc) is 1.91. The Bertz CT molecular complexity index is 86.9. The maximum Gasteiger partial charge on any atom is 0.192 e. The molecule has 0 radical (unpaired) electrons. The lowest BCUT2D eigenvalue weighted by Crippen LogP contribution is -1.85. The van der Waals surface area contributed by atoms with Crippen LogP contribution in [0, 0.1) is 0 Å². The van der Waals surface area contributed by atoms with Crippen LogP contribution < -0.4 is 0 Å². The number of rotatable bonds is 3. The number of Topliss-reactive ketones (excluding diaryl/α,β-unsaturated/α-hetero) is 1. The lowest BCUT2D eigenvalue weighted by Gasteiger charge is -1.86. The van der Waals surface area contributed by atoms with Gasteiger partial charge in [-0.25, -0.2) is 0 Å². The first-order valence-electron chi connectivity index (χ1n) is 3.22. The molecule has 10 heavy (non-hydrogen) atoms. The summed E-state index contributed by atoms with van der Waals surface area (Å²) in [6.45, 7) is 6.88. The second-order valence-corrected chi connectivity index (χ2v) is 1.51. The fourth-order valence-corrected chi connectivity index (χ4v) is 0.204. The van der Waals surface area contributed by atoms with E-state index in [9.17, 15) is 4.79 Å². The summed E-state index contributed by atoms with van der Waals surface area (Å²) >= 11 is 0. The van der Waals surface area contributed by atoms with Crippen LogP contribution in [-0.4, -0.2) is 25.3 Å². The van der Waals surface area contributed by atoms with Crippen LogP contribution >= 0.6 is 0 Å². The smallest absolute Gasteiger partial charge is 0.192 e. The fraction of sp³-hybridized carbons (Fsp3) is 0.714. The predicted octanol–water partition coefficient (Wildman–Crippen LogP) is 0.817. The monoisotopic (exact) mass is 146 g/mol. The molecule has 0 heterocycles. The third kappa shape index (κ3) is 26.6. The Morgan fingerprint density at radius 1 is 1.40 bits per heavy atom. The molecule has 0 bridgehead atoms. The van der Waals surface area contributed by atoms with Gasteiger partial charge < -0.3 is 4.74 Å². The zero-order valence-corrected chi connectivity index (χ0v) is 6.72. The van der Waals surface area contributed by atoms with Crippen molar-refractivity contribution in [2.75, 3.05) is 13.2 Å². The molecule has 0 aromatic carbocycles. The normalized spacial score (nSPS) is 7.50. The number of ketones is 1. The van der Waals surface area contributed by atoms with E-state index in [2.05, 4.69) is 0 Å². The van der Waals surface area contributed by atoms with E-state index in [0.717, 1.165) is 13.2 Å². The molecule has 0 unspecified atom stereocenters.